The van der Waals surface area contributed by atoms with Gasteiger partial charge in [0.2, 0.25) is 0 Å². The summed E-state index contributed by atoms with van der Waals surface area (Å²) in [7, 11) is 0. The monoisotopic (exact) mass is 305 g/mol. The third-order valence-electron chi connectivity index (χ3n) is 2.18. The van der Waals surface area contributed by atoms with Crippen molar-refractivity contribution in [3.63, 3.8) is 0 Å². The van der Waals surface area contributed by atoms with Crippen LogP contribution in [-0.4, -0.2) is 23.5 Å². The fourth-order valence-electron chi connectivity index (χ4n) is 1.15. The lowest BCUT2D eigenvalue weighted by Gasteiger charge is -2.10. The van der Waals surface area contributed by atoms with E-state index >= 15 is 0 Å². The molecule has 0 aliphatic heterocycles. The van der Waals surface area contributed by atoms with Crippen LogP contribution < -0.4 is 5.32 Å². The lowest BCUT2D eigenvalue weighted by Crippen LogP contribution is -2.32. The van der Waals surface area contributed by atoms with Crippen molar-refractivity contribution < 1.29 is 14.7 Å². The largest absolute Gasteiger partial charge is 0.481 e. The Kier molecular flexibility index (Phi) is 4.95. The molecule has 88 valence electrons. The minimum absolute atomic E-state index is 0.165. The third kappa shape index (κ3) is 3.61. The van der Waals surface area contributed by atoms with Crippen molar-refractivity contribution in [1.82, 2.24) is 5.32 Å². The first-order valence-electron chi connectivity index (χ1n) is 4.79. The van der Waals surface area contributed by atoms with Crippen molar-refractivity contribution in [2.24, 2.45) is 5.92 Å². The Bertz CT molecular complexity index is 391. The van der Waals surface area contributed by atoms with E-state index in [4.69, 9.17) is 5.11 Å². The fourth-order valence-corrected chi connectivity index (χ4v) is 2.29. The zero-order valence-corrected chi connectivity index (χ0v) is 11.1. The highest BCUT2D eigenvalue weighted by Crippen LogP contribution is 2.20. The van der Waals surface area contributed by atoms with E-state index < -0.39 is 11.9 Å². The second kappa shape index (κ2) is 6.00. The lowest BCUT2D eigenvalue weighted by atomic mass is 10.1. The maximum atomic E-state index is 11.6. The molecule has 0 aromatic carbocycles. The molecule has 1 amide bonds. The molecule has 4 nitrogen and oxygen atoms in total. The molecule has 0 radical (unpaired) electrons. The normalized spacial score (nSPS) is 12.1. The zero-order valence-electron chi connectivity index (χ0n) is 8.70. The maximum absolute atomic E-state index is 11.6. The highest BCUT2D eigenvalue weighted by atomic mass is 79.9. The molecule has 0 spiro atoms. The van der Waals surface area contributed by atoms with Gasteiger partial charge in [0, 0.05) is 11.9 Å². The van der Waals surface area contributed by atoms with E-state index in [-0.39, 0.29) is 12.5 Å². The van der Waals surface area contributed by atoms with Gasteiger partial charge in [0.05, 0.1) is 15.3 Å². The summed E-state index contributed by atoms with van der Waals surface area (Å²) in [4.78, 5) is 22.3. The number of thiophene rings is 1. The number of rotatable bonds is 5. The fraction of sp³-hybridized carbons (Fsp3) is 0.400. The molecular weight excluding hydrogens is 294 g/mol. The summed E-state index contributed by atoms with van der Waals surface area (Å²) in [5, 5.41) is 13.1. The molecule has 1 aromatic rings. The summed E-state index contributed by atoms with van der Waals surface area (Å²) >= 11 is 4.68. The number of aliphatic carboxylic acids is 1. The number of carboxylic acid groups (broad SMARTS) is 1. The van der Waals surface area contributed by atoms with Gasteiger partial charge in [0.1, 0.15) is 0 Å². The molecule has 2 N–H and O–H groups in total. The highest BCUT2D eigenvalue weighted by Gasteiger charge is 2.16. The molecule has 1 unspecified atom stereocenters. The van der Waals surface area contributed by atoms with Gasteiger partial charge in [-0.2, -0.15) is 0 Å². The number of hydrogen-bond acceptors (Lipinski definition) is 3. The summed E-state index contributed by atoms with van der Waals surface area (Å²) in [6.07, 6.45) is 0.503. The molecule has 0 saturated heterocycles. The number of halogens is 1. The molecule has 0 aliphatic carbocycles. The smallest absolute Gasteiger partial charge is 0.308 e. The van der Waals surface area contributed by atoms with Crippen LogP contribution in [0.3, 0.4) is 0 Å². The van der Waals surface area contributed by atoms with Crippen molar-refractivity contribution in [1.29, 1.82) is 0 Å². The van der Waals surface area contributed by atoms with Crippen LogP contribution in [0.15, 0.2) is 15.2 Å². The lowest BCUT2D eigenvalue weighted by molar-refractivity contribution is -0.141. The number of hydrogen-bond donors (Lipinski definition) is 2. The second-order valence-corrected chi connectivity index (χ2v) is 5.58. The van der Waals surface area contributed by atoms with E-state index in [1.807, 2.05) is 0 Å². The summed E-state index contributed by atoms with van der Waals surface area (Å²) in [5.74, 6) is -1.64. The molecule has 0 aliphatic rings. The van der Waals surface area contributed by atoms with E-state index in [2.05, 4.69) is 21.2 Å². The van der Waals surface area contributed by atoms with Gasteiger partial charge in [-0.3, -0.25) is 9.59 Å². The van der Waals surface area contributed by atoms with Crippen LogP contribution in [-0.2, 0) is 4.79 Å². The average molecular weight is 306 g/mol. The minimum atomic E-state index is -0.880. The third-order valence-corrected chi connectivity index (χ3v) is 3.69. The first-order chi connectivity index (χ1) is 7.54. The minimum Gasteiger partial charge on any atom is -0.481 e. The number of carbonyl (C=O) groups is 2. The zero-order chi connectivity index (χ0) is 12.1. The Balaban J connectivity index is 2.49. The van der Waals surface area contributed by atoms with Gasteiger partial charge in [-0.25, -0.2) is 0 Å². The van der Waals surface area contributed by atoms with Gasteiger partial charge in [-0.1, -0.05) is 6.92 Å². The van der Waals surface area contributed by atoms with E-state index in [9.17, 15) is 9.59 Å². The van der Waals surface area contributed by atoms with Gasteiger partial charge in [-0.15, -0.1) is 11.3 Å². The molecule has 1 aromatic heterocycles. The van der Waals surface area contributed by atoms with Gasteiger partial charge >= 0.3 is 5.97 Å². The molecule has 1 atom stereocenters. The Morgan fingerprint density at radius 3 is 2.75 bits per heavy atom. The average Bonchev–Trinajstić information content (AvgIpc) is 2.65. The van der Waals surface area contributed by atoms with Crippen LogP contribution >= 0.6 is 27.3 Å². The Morgan fingerprint density at radius 2 is 2.31 bits per heavy atom. The Morgan fingerprint density at radius 1 is 1.62 bits per heavy atom. The maximum Gasteiger partial charge on any atom is 0.308 e. The van der Waals surface area contributed by atoms with Crippen molar-refractivity contribution in [2.75, 3.05) is 6.54 Å². The van der Waals surface area contributed by atoms with E-state index in [0.717, 1.165) is 3.79 Å². The van der Waals surface area contributed by atoms with Crippen LogP contribution in [0, 0.1) is 5.92 Å². The second-order valence-electron chi connectivity index (χ2n) is 3.29. The summed E-state index contributed by atoms with van der Waals surface area (Å²) < 4.78 is 0.878. The number of amides is 1. The van der Waals surface area contributed by atoms with Crippen LogP contribution in [0.5, 0.6) is 0 Å². The number of carbonyl (C=O) groups excluding carboxylic acids is 1. The SMILES string of the molecule is CCC(CNC(=O)c1csc(Br)c1)C(=O)O. The first kappa shape index (κ1) is 13.2. The standard InChI is InChI=1S/C10H12BrNO3S/c1-2-6(10(14)15)4-12-9(13)7-3-8(11)16-5-7/h3,5-6H,2,4H2,1H3,(H,12,13)(H,14,15). The van der Waals surface area contributed by atoms with Crippen LogP contribution in [0.2, 0.25) is 0 Å². The van der Waals surface area contributed by atoms with Crippen LogP contribution in [0.4, 0.5) is 0 Å². The summed E-state index contributed by atoms with van der Waals surface area (Å²) in [6.45, 7) is 1.95. The Hall–Kier alpha value is -0.880. The molecule has 1 rings (SSSR count). The topological polar surface area (TPSA) is 66.4 Å². The quantitative estimate of drug-likeness (QED) is 0.877. The van der Waals surface area contributed by atoms with Gasteiger partial charge in [-0.05, 0) is 28.4 Å². The van der Waals surface area contributed by atoms with Crippen LogP contribution in [0.1, 0.15) is 23.7 Å². The molecule has 16 heavy (non-hydrogen) atoms. The number of nitrogens with one attached hydrogen (secondary N) is 1. The molecule has 0 fully saturated rings. The summed E-state index contributed by atoms with van der Waals surface area (Å²) in [6, 6.07) is 1.71. The summed E-state index contributed by atoms with van der Waals surface area (Å²) in [5.41, 5.74) is 0.553. The van der Waals surface area contributed by atoms with Gasteiger partial charge < -0.3 is 10.4 Å². The van der Waals surface area contributed by atoms with Crippen molar-refractivity contribution in [2.45, 2.75) is 13.3 Å². The molecule has 6 heteroatoms. The van der Waals surface area contributed by atoms with E-state index in [1.54, 1.807) is 18.4 Å². The Labute approximate surface area is 106 Å². The van der Waals surface area contributed by atoms with Crippen molar-refractivity contribution in [3.05, 3.63) is 20.8 Å². The molecule has 0 saturated carbocycles. The predicted molar refractivity (Wildman–Crippen MR) is 65.8 cm³/mol. The van der Waals surface area contributed by atoms with Crippen LogP contribution in [0.25, 0.3) is 0 Å². The molecule has 0 bridgehead atoms. The van der Waals surface area contributed by atoms with E-state index in [0.29, 0.717) is 12.0 Å². The van der Waals surface area contributed by atoms with Gasteiger partial charge in [0.15, 0.2) is 0 Å². The first-order valence-corrected chi connectivity index (χ1v) is 6.47. The van der Waals surface area contributed by atoms with E-state index in [1.165, 1.54) is 11.3 Å². The molecule has 1 heterocycles. The molecular formula is C10H12BrNO3S. The predicted octanol–water partition coefficient (Wildman–Crippen LogP) is 2.35. The van der Waals surface area contributed by atoms with Gasteiger partial charge in [0.25, 0.3) is 5.91 Å². The number of carboxylic acids is 1. The van der Waals surface area contributed by atoms with Crippen molar-refractivity contribution in [3.8, 4) is 0 Å². The highest BCUT2D eigenvalue weighted by molar-refractivity contribution is 9.11. The van der Waals surface area contributed by atoms with Crippen molar-refractivity contribution >= 4 is 39.1 Å².